The maximum Gasteiger partial charge on any atom is 0.169 e. The molecule has 0 unspecified atom stereocenters. The van der Waals surface area contributed by atoms with Crippen LogP contribution in [-0.2, 0) is 0 Å². The predicted octanol–water partition coefficient (Wildman–Crippen LogP) is 4.49. The minimum Gasteiger partial charge on any atom is -0.360 e. The van der Waals surface area contributed by atoms with Crippen molar-refractivity contribution in [3.05, 3.63) is 66.9 Å². The molecule has 0 saturated heterocycles. The van der Waals surface area contributed by atoms with Crippen molar-refractivity contribution in [2.24, 2.45) is 0 Å². The SMILES string of the molecule is c1ccc(-c2cc(-c3c[nH]c4ccccc34)on2)cc1. The molecule has 2 heterocycles. The molecule has 4 aromatic rings. The Morgan fingerprint density at radius 1 is 0.900 bits per heavy atom. The third-order valence-electron chi connectivity index (χ3n) is 3.43. The number of aromatic nitrogens is 2. The topological polar surface area (TPSA) is 41.8 Å². The minimum absolute atomic E-state index is 0.779. The van der Waals surface area contributed by atoms with Crippen molar-refractivity contribution in [3.8, 4) is 22.6 Å². The molecule has 0 atom stereocenters. The summed E-state index contributed by atoms with van der Waals surface area (Å²) in [5.74, 6) is 0.779. The molecule has 20 heavy (non-hydrogen) atoms. The summed E-state index contributed by atoms with van der Waals surface area (Å²) in [6, 6.07) is 20.2. The molecule has 3 heteroatoms. The quantitative estimate of drug-likeness (QED) is 0.577. The second-order valence-electron chi connectivity index (χ2n) is 4.69. The number of hydrogen-bond donors (Lipinski definition) is 1. The van der Waals surface area contributed by atoms with Crippen LogP contribution in [0.2, 0.25) is 0 Å². The molecular formula is C17H12N2O. The molecule has 0 aliphatic carbocycles. The van der Waals surface area contributed by atoms with Crippen LogP contribution in [0.4, 0.5) is 0 Å². The molecule has 0 spiro atoms. The lowest BCUT2D eigenvalue weighted by atomic mass is 10.1. The van der Waals surface area contributed by atoms with E-state index in [0.717, 1.165) is 33.5 Å². The largest absolute Gasteiger partial charge is 0.360 e. The zero-order chi connectivity index (χ0) is 13.4. The summed E-state index contributed by atoms with van der Waals surface area (Å²) in [4.78, 5) is 3.25. The first kappa shape index (κ1) is 11.1. The van der Waals surface area contributed by atoms with Crippen LogP contribution < -0.4 is 0 Å². The molecule has 0 fully saturated rings. The van der Waals surface area contributed by atoms with E-state index in [0.29, 0.717) is 0 Å². The Bertz CT molecular complexity index is 859. The third-order valence-corrected chi connectivity index (χ3v) is 3.43. The number of fused-ring (bicyclic) bond motifs is 1. The summed E-state index contributed by atoms with van der Waals surface area (Å²) in [5, 5.41) is 5.30. The second kappa shape index (κ2) is 4.38. The van der Waals surface area contributed by atoms with E-state index < -0.39 is 0 Å². The van der Waals surface area contributed by atoms with Gasteiger partial charge < -0.3 is 9.51 Å². The van der Waals surface area contributed by atoms with E-state index in [1.54, 1.807) is 0 Å². The van der Waals surface area contributed by atoms with Gasteiger partial charge in [-0.05, 0) is 6.07 Å². The Hall–Kier alpha value is -2.81. The minimum atomic E-state index is 0.779. The summed E-state index contributed by atoms with van der Waals surface area (Å²) in [6.45, 7) is 0. The van der Waals surface area contributed by atoms with Crippen LogP contribution in [-0.4, -0.2) is 10.1 Å². The van der Waals surface area contributed by atoms with Crippen molar-refractivity contribution >= 4 is 10.9 Å². The molecule has 0 bridgehead atoms. The number of aromatic amines is 1. The molecule has 96 valence electrons. The molecule has 1 N–H and O–H groups in total. The molecule has 4 rings (SSSR count). The number of nitrogens with one attached hydrogen (secondary N) is 1. The number of nitrogens with zero attached hydrogens (tertiary/aromatic N) is 1. The van der Waals surface area contributed by atoms with Gasteiger partial charge in [0.05, 0.1) is 0 Å². The molecule has 3 nitrogen and oxygen atoms in total. The van der Waals surface area contributed by atoms with Crippen molar-refractivity contribution in [3.63, 3.8) is 0 Å². The first-order valence-electron chi connectivity index (χ1n) is 6.50. The Balaban J connectivity index is 1.82. The van der Waals surface area contributed by atoms with E-state index in [-0.39, 0.29) is 0 Å². The number of hydrogen-bond acceptors (Lipinski definition) is 2. The average molecular weight is 260 g/mol. The standard InChI is InChI=1S/C17H12N2O/c1-2-6-12(7-3-1)16-10-17(20-19-16)14-11-18-15-9-5-4-8-13(14)15/h1-11,18H. The Labute approximate surface area is 115 Å². The van der Waals surface area contributed by atoms with E-state index in [2.05, 4.69) is 16.2 Å². The van der Waals surface area contributed by atoms with Gasteiger partial charge >= 0.3 is 0 Å². The Kier molecular flexibility index (Phi) is 2.42. The lowest BCUT2D eigenvalue weighted by Crippen LogP contribution is -1.73. The highest BCUT2D eigenvalue weighted by molar-refractivity contribution is 5.94. The highest BCUT2D eigenvalue weighted by Gasteiger charge is 2.12. The summed E-state index contributed by atoms with van der Waals surface area (Å²) in [5.41, 5.74) is 4.05. The van der Waals surface area contributed by atoms with Crippen molar-refractivity contribution in [1.29, 1.82) is 0 Å². The van der Waals surface area contributed by atoms with Crippen LogP contribution in [0.3, 0.4) is 0 Å². The number of para-hydroxylation sites is 1. The van der Waals surface area contributed by atoms with Crippen LogP contribution in [0.1, 0.15) is 0 Å². The van der Waals surface area contributed by atoms with Crippen molar-refractivity contribution < 1.29 is 4.52 Å². The van der Waals surface area contributed by atoms with Gasteiger partial charge in [0.15, 0.2) is 5.76 Å². The van der Waals surface area contributed by atoms with Gasteiger partial charge in [-0.25, -0.2) is 0 Å². The molecule has 0 radical (unpaired) electrons. The summed E-state index contributed by atoms with van der Waals surface area (Å²) >= 11 is 0. The van der Waals surface area contributed by atoms with E-state index in [9.17, 15) is 0 Å². The molecule has 0 saturated carbocycles. The normalized spacial score (nSPS) is 11.0. The smallest absolute Gasteiger partial charge is 0.169 e. The maximum absolute atomic E-state index is 5.50. The van der Waals surface area contributed by atoms with E-state index in [4.69, 9.17) is 4.52 Å². The highest BCUT2D eigenvalue weighted by atomic mass is 16.5. The zero-order valence-electron chi connectivity index (χ0n) is 10.7. The lowest BCUT2D eigenvalue weighted by molar-refractivity contribution is 0.435. The van der Waals surface area contributed by atoms with Gasteiger partial charge in [0.1, 0.15) is 5.69 Å². The van der Waals surface area contributed by atoms with Gasteiger partial charge in [-0.15, -0.1) is 0 Å². The first-order chi connectivity index (χ1) is 9.92. The van der Waals surface area contributed by atoms with E-state index in [1.165, 1.54) is 0 Å². The number of rotatable bonds is 2. The van der Waals surface area contributed by atoms with Gasteiger partial charge in [0.2, 0.25) is 0 Å². The Morgan fingerprint density at radius 3 is 2.60 bits per heavy atom. The monoisotopic (exact) mass is 260 g/mol. The van der Waals surface area contributed by atoms with Gasteiger partial charge in [0, 0.05) is 34.3 Å². The predicted molar refractivity (Wildman–Crippen MR) is 79.2 cm³/mol. The number of H-pyrrole nitrogens is 1. The van der Waals surface area contributed by atoms with Crippen LogP contribution in [0.25, 0.3) is 33.5 Å². The maximum atomic E-state index is 5.50. The Morgan fingerprint density at radius 2 is 1.70 bits per heavy atom. The fraction of sp³-hybridized carbons (Fsp3) is 0. The molecular weight excluding hydrogens is 248 g/mol. The molecule has 0 aliphatic rings. The van der Waals surface area contributed by atoms with Crippen molar-refractivity contribution in [1.82, 2.24) is 10.1 Å². The van der Waals surface area contributed by atoms with Gasteiger partial charge in [-0.2, -0.15) is 0 Å². The summed E-state index contributed by atoms with van der Waals surface area (Å²) < 4.78 is 5.50. The molecule has 2 aromatic heterocycles. The second-order valence-corrected chi connectivity index (χ2v) is 4.69. The lowest BCUT2D eigenvalue weighted by Gasteiger charge is -1.92. The third kappa shape index (κ3) is 1.72. The fourth-order valence-corrected chi connectivity index (χ4v) is 2.42. The van der Waals surface area contributed by atoms with Gasteiger partial charge in [0.25, 0.3) is 0 Å². The van der Waals surface area contributed by atoms with Crippen LogP contribution >= 0.6 is 0 Å². The molecule has 0 aliphatic heterocycles. The average Bonchev–Trinajstić information content (AvgIpc) is 3.14. The van der Waals surface area contributed by atoms with Gasteiger partial charge in [-0.1, -0.05) is 53.7 Å². The van der Waals surface area contributed by atoms with Crippen LogP contribution in [0.5, 0.6) is 0 Å². The first-order valence-corrected chi connectivity index (χ1v) is 6.50. The molecule has 2 aromatic carbocycles. The number of benzene rings is 2. The van der Waals surface area contributed by atoms with E-state index >= 15 is 0 Å². The van der Waals surface area contributed by atoms with Crippen molar-refractivity contribution in [2.45, 2.75) is 0 Å². The fourth-order valence-electron chi connectivity index (χ4n) is 2.42. The van der Waals surface area contributed by atoms with Crippen LogP contribution in [0, 0.1) is 0 Å². The summed E-state index contributed by atoms with van der Waals surface area (Å²) in [6.07, 6.45) is 1.96. The van der Waals surface area contributed by atoms with Crippen molar-refractivity contribution in [2.75, 3.05) is 0 Å². The summed E-state index contributed by atoms with van der Waals surface area (Å²) in [7, 11) is 0. The molecule has 0 amide bonds. The van der Waals surface area contributed by atoms with Crippen LogP contribution in [0.15, 0.2) is 71.4 Å². The van der Waals surface area contributed by atoms with Gasteiger partial charge in [-0.3, -0.25) is 0 Å². The zero-order valence-corrected chi connectivity index (χ0v) is 10.7. The van der Waals surface area contributed by atoms with E-state index in [1.807, 2.05) is 60.8 Å². The highest BCUT2D eigenvalue weighted by Crippen LogP contribution is 2.31.